The number of aliphatic hydroxyl groups excluding tert-OH is 1. The van der Waals surface area contributed by atoms with Crippen molar-refractivity contribution in [3.8, 4) is 0 Å². The van der Waals surface area contributed by atoms with Crippen LogP contribution in [0.2, 0.25) is 5.02 Å². The molecule has 2 aliphatic rings. The maximum Gasteiger partial charge on any atom is 0.405 e. The summed E-state index contributed by atoms with van der Waals surface area (Å²) in [6.07, 6.45) is 14.0. The third kappa shape index (κ3) is 43.6. The Hall–Kier alpha value is -14.8. The third-order valence-electron chi connectivity index (χ3n) is 14.3. The van der Waals surface area contributed by atoms with Crippen molar-refractivity contribution in [1.82, 2.24) is 0 Å². The van der Waals surface area contributed by atoms with Crippen LogP contribution < -0.4 is 0 Å². The van der Waals surface area contributed by atoms with Gasteiger partial charge in [0, 0.05) is 43.3 Å². The van der Waals surface area contributed by atoms with Crippen molar-refractivity contribution < 1.29 is 115 Å². The van der Waals surface area contributed by atoms with E-state index in [1.807, 2.05) is 19.1 Å². The Labute approximate surface area is 701 Å². The van der Waals surface area contributed by atoms with Gasteiger partial charge in [-0.05, 0) is 177 Å². The van der Waals surface area contributed by atoms with Crippen LogP contribution in [0.15, 0.2) is 269 Å². The number of aliphatic hydroxyl groups is 1. The van der Waals surface area contributed by atoms with E-state index in [1.54, 1.807) is 222 Å². The summed E-state index contributed by atoms with van der Waals surface area (Å²) < 4.78 is 13.8. The van der Waals surface area contributed by atoms with E-state index in [9.17, 15) is 57.8 Å². The van der Waals surface area contributed by atoms with Crippen molar-refractivity contribution in [2.24, 2.45) is 52.3 Å². The summed E-state index contributed by atoms with van der Waals surface area (Å²) >= 11 is 5.64. The number of nitrogens with zero attached hydrogens (tertiary/aromatic N) is 10. The van der Waals surface area contributed by atoms with Crippen LogP contribution in [0, 0.1) is 12.5 Å². The molecule has 35 heteroatoms. The number of oxime groups is 9. The maximum absolute atomic E-state index is 11.8. The van der Waals surface area contributed by atoms with Crippen molar-refractivity contribution in [2.75, 3.05) is 20.3 Å². The predicted octanol–water partition coefficient (Wildman–Crippen LogP) is 15.4. The summed E-state index contributed by atoms with van der Waals surface area (Å²) in [6.45, 7) is 22.9. The van der Waals surface area contributed by atoms with Crippen molar-refractivity contribution in [3.05, 3.63) is 274 Å². The summed E-state index contributed by atoms with van der Waals surface area (Å²) in [5.74, 6) is -6.85. The molecule has 1 heterocycles. The number of ketones is 2. The molecule has 1 N–H and O–H groups in total. The van der Waals surface area contributed by atoms with Gasteiger partial charge in [-0.2, -0.15) is 0 Å². The van der Waals surface area contributed by atoms with E-state index in [2.05, 4.69) is 93.9 Å². The Bertz CT molecular complexity index is 4820. The lowest BCUT2D eigenvalue weighted by atomic mass is 9.99. The van der Waals surface area contributed by atoms with Gasteiger partial charge in [0.15, 0.2) is 5.78 Å². The van der Waals surface area contributed by atoms with Crippen LogP contribution in [0.4, 0.5) is 0 Å². The first-order chi connectivity index (χ1) is 58.1. The first-order valence-corrected chi connectivity index (χ1v) is 36.9. The summed E-state index contributed by atoms with van der Waals surface area (Å²) in [7, 11) is 1.44. The smallest absolute Gasteiger partial charge is 0.405 e. The molecule has 0 radical (unpaired) electrons. The third-order valence-corrected chi connectivity index (χ3v) is 14.6. The number of furan rings is 1. The molecule has 34 nitrogen and oxygen atoms in total. The van der Waals surface area contributed by atoms with E-state index in [4.69, 9.17) is 46.8 Å². The number of carbonyl (C=O) groups is 11. The number of Topliss-reactive ketones (excluding diaryl/α,β-unsaturated/α-hetero) is 2. The SMILES string of the molecule is C/C=N/OC(=O)c1ccc(Cl)cc1.CC(=N\OC(=O)c1ccccc1)/C(C)=N/OC(=O)c1ccccc1.CC(=O)/C(C)=N\OC(=O)c1ccco1.COCC(=O)O/N=C(\C)CC(C)C.O=C(ON=C1C=CC(=NOC(O)c2ccccc2)C=C1)c1ccccc1.O=C(ON=C1CCCCC1)C(=O)c1ccccc1.[C-]#[N+]/C(=N/OC(C)=O)C(=O)OCC. The summed E-state index contributed by atoms with van der Waals surface area (Å²) in [5.41, 5.74) is 5.96. The first-order valence-electron chi connectivity index (χ1n) is 36.5. The van der Waals surface area contributed by atoms with Crippen LogP contribution in [0.25, 0.3) is 4.85 Å². The highest BCUT2D eigenvalue weighted by Crippen LogP contribution is 2.18. The number of halogens is 1. The Morgan fingerprint density at radius 1 is 0.504 bits per heavy atom. The fraction of sp³-hybridized carbons (Fsp3) is 0.244. The highest BCUT2D eigenvalue weighted by molar-refractivity contribution is 6.41. The predicted molar refractivity (Wildman–Crippen MR) is 447 cm³/mol. The van der Waals surface area contributed by atoms with Gasteiger partial charge in [0.2, 0.25) is 5.76 Å². The van der Waals surface area contributed by atoms with Gasteiger partial charge in [-0.15, -0.1) is 0 Å². The van der Waals surface area contributed by atoms with Gasteiger partial charge in [-0.1, -0.05) is 195 Å². The van der Waals surface area contributed by atoms with E-state index >= 15 is 0 Å². The van der Waals surface area contributed by atoms with Crippen molar-refractivity contribution in [2.45, 2.75) is 114 Å². The molecule has 1 unspecified atom stereocenters. The Kier molecular flexibility index (Phi) is 48.9. The molecule has 6 aromatic carbocycles. The van der Waals surface area contributed by atoms with Crippen molar-refractivity contribution >= 4 is 129 Å². The van der Waals surface area contributed by atoms with E-state index in [1.165, 1.54) is 45.9 Å². The Morgan fingerprint density at radius 2 is 0.967 bits per heavy atom. The van der Waals surface area contributed by atoms with E-state index < -0.39 is 71.6 Å². The number of carbonyl (C=O) groups excluding carboxylic acids is 11. The van der Waals surface area contributed by atoms with Crippen LogP contribution in [0.3, 0.4) is 0 Å². The molecule has 2 aliphatic carbocycles. The number of ether oxygens (including phenoxy) is 2. The minimum absolute atomic E-state index is 0.0464. The maximum atomic E-state index is 11.8. The van der Waals surface area contributed by atoms with E-state index in [0.717, 1.165) is 50.5 Å². The number of rotatable bonds is 25. The topological polar surface area (TPSA) is 438 Å². The monoisotopic (exact) mass is 1680 g/mol. The molecule has 1 fully saturated rings. The highest BCUT2D eigenvalue weighted by Gasteiger charge is 2.20. The normalized spacial score (nSPS) is 12.3. The number of esters is 1. The zero-order valence-corrected chi connectivity index (χ0v) is 68.6. The molecule has 634 valence electrons. The lowest BCUT2D eigenvalue weighted by Crippen LogP contribution is -2.16. The minimum atomic E-state index is -1.15. The standard InChI is InChI=1S/C20H16N2O4.C18H16N2O4.C14H15NO3.C9H8ClNO2.C9H9NO4.C9H17NO3.C7H8N2O4/c23-19(15-7-3-1-4-8-15)25-21-17-11-13-18(14-12-17)22-26-20(24)16-9-5-2-6-10-16;1-13(19-23-17(21)15-9-5-3-6-10-15)14(2)20-24-18(22)16-11-7-4-8-12-16;16-13(11-7-3-1-4-8-11)14(17)18-15-12-9-5-2-6-10-12;1-2-11-13-9(12)7-3-5-8(10)6-4-7;1-6(7(2)11)10-14-9(12)8-4-3-5-13-8;1-7(2)5-8(3)10-13-9(11)6-12-4;1-4-12-7(11)6(8-3)9-13-5(2)10/h1-14,19,23H;3-12H,1-2H3;1,3-4,7-8H,2,5-6,9-10H2;2-6H,1H3;3-5H,1-2H3;7H,5-6H2,1-4H3;4H2,1-2H3/b;19-13+,20-14+;;11-2+;10-6-;10-8+;9-6+. The summed E-state index contributed by atoms with van der Waals surface area (Å²) in [6, 6.07) is 52.2. The molecule has 0 amide bonds. The van der Waals surface area contributed by atoms with Gasteiger partial charge < -0.3 is 62.5 Å². The fourth-order valence-corrected chi connectivity index (χ4v) is 8.38. The van der Waals surface area contributed by atoms with Gasteiger partial charge >= 0.3 is 59.6 Å². The van der Waals surface area contributed by atoms with Crippen molar-refractivity contribution in [3.63, 3.8) is 0 Å². The number of amidine groups is 1. The first kappa shape index (κ1) is 100. The van der Waals surface area contributed by atoms with E-state index in [-0.39, 0.29) is 30.5 Å². The van der Waals surface area contributed by atoms with E-state index in [0.29, 0.717) is 67.2 Å². The molecule has 0 saturated heterocycles. The fourth-order valence-electron chi connectivity index (χ4n) is 8.26. The molecule has 7 aromatic rings. The van der Waals surface area contributed by atoms with Crippen LogP contribution in [0.1, 0.15) is 182 Å². The van der Waals surface area contributed by atoms with Gasteiger partial charge in [0.25, 0.3) is 12.1 Å². The average Bonchev–Trinajstić information content (AvgIpc) is 1.87. The number of hydrogen-bond acceptors (Lipinski definition) is 33. The number of methoxy groups -OCH3 is 1. The second-order valence-corrected chi connectivity index (χ2v) is 24.9. The average molecular weight is 1680 g/mol. The number of benzene rings is 6. The largest absolute Gasteiger partial charge is 0.470 e. The van der Waals surface area contributed by atoms with Crippen LogP contribution in [0.5, 0.6) is 0 Å². The molecule has 1 atom stereocenters. The van der Waals surface area contributed by atoms with Gasteiger partial charge in [0.1, 0.15) is 35.2 Å². The van der Waals surface area contributed by atoms with Crippen LogP contribution in [-0.2, 0) is 77.0 Å². The zero-order valence-electron chi connectivity index (χ0n) is 67.9. The van der Waals surface area contributed by atoms with Gasteiger partial charge in [-0.3, -0.25) is 14.4 Å². The van der Waals surface area contributed by atoms with Crippen LogP contribution in [-0.4, -0.2) is 143 Å². The molecule has 0 spiro atoms. The summed E-state index contributed by atoms with van der Waals surface area (Å²) in [5, 5.41) is 42.7. The second-order valence-electron chi connectivity index (χ2n) is 24.4. The lowest BCUT2D eigenvalue weighted by Gasteiger charge is -2.10. The minimum Gasteiger partial charge on any atom is -0.470 e. The molecular weight excluding hydrogens is 1590 g/mol. The Morgan fingerprint density at radius 3 is 1.42 bits per heavy atom. The molecule has 121 heavy (non-hydrogen) atoms. The number of hydrogen-bond donors (Lipinski definition) is 1. The van der Waals surface area contributed by atoms with Gasteiger partial charge in [-0.25, -0.2) is 43.2 Å². The van der Waals surface area contributed by atoms with Crippen molar-refractivity contribution in [1.29, 1.82) is 0 Å². The molecule has 1 aromatic heterocycles. The molecule has 0 aliphatic heterocycles. The van der Waals surface area contributed by atoms with Gasteiger partial charge in [0.05, 0.1) is 51.7 Å². The highest BCUT2D eigenvalue weighted by atomic mass is 35.5. The molecular formula is C86H89ClN10O24. The number of allylic oxidation sites excluding steroid dienone is 4. The second kappa shape index (κ2) is 58.9. The Balaban J connectivity index is 0.000000372. The molecule has 9 rings (SSSR count). The van der Waals surface area contributed by atoms with Crippen LogP contribution >= 0.6 is 11.6 Å². The molecule has 0 bridgehead atoms. The lowest BCUT2D eigenvalue weighted by molar-refractivity contribution is -0.148. The summed E-state index contributed by atoms with van der Waals surface area (Å²) in [4.78, 5) is 168. The quantitative estimate of drug-likeness (QED) is 0.00530. The zero-order chi connectivity index (χ0) is 89.1. The molecule has 1 saturated carbocycles.